The predicted octanol–water partition coefficient (Wildman–Crippen LogP) is 1.46. The molecule has 0 heterocycles. The van der Waals surface area contributed by atoms with Gasteiger partial charge in [-0.05, 0) is 17.7 Å². The van der Waals surface area contributed by atoms with E-state index >= 15 is 0 Å². The van der Waals surface area contributed by atoms with E-state index in [0.717, 1.165) is 0 Å². The number of halogens is 1. The zero-order chi connectivity index (χ0) is 12.1. The topological polar surface area (TPSA) is 81.3 Å². The molecule has 0 saturated heterocycles. The molecule has 0 spiro atoms. The molecule has 0 aromatic heterocycles. The fourth-order valence-electron chi connectivity index (χ4n) is 1.33. The minimum absolute atomic E-state index is 0.206. The summed E-state index contributed by atoms with van der Waals surface area (Å²) in [5, 5.41) is 27.9. The van der Waals surface area contributed by atoms with Crippen LogP contribution in [0.5, 0.6) is 0 Å². The largest absolute Gasteiger partial charge is 0.389 e. The van der Waals surface area contributed by atoms with E-state index in [4.69, 9.17) is 16.9 Å². The van der Waals surface area contributed by atoms with Crippen molar-refractivity contribution in [3.63, 3.8) is 0 Å². The van der Waals surface area contributed by atoms with Crippen molar-refractivity contribution in [3.05, 3.63) is 34.3 Å². The number of aliphatic hydroxyl groups excluding tert-OH is 2. The smallest absolute Gasteiger partial charge is 0.150 e. The summed E-state index contributed by atoms with van der Waals surface area (Å²) in [7, 11) is 0. The Balaban J connectivity index is 3.03. The van der Waals surface area contributed by atoms with Crippen LogP contribution in [0.1, 0.15) is 28.4 Å². The third-order valence-corrected chi connectivity index (χ3v) is 2.39. The van der Waals surface area contributed by atoms with Crippen LogP contribution in [0.25, 0.3) is 0 Å². The molecule has 0 aliphatic heterocycles. The lowest BCUT2D eigenvalue weighted by atomic mass is 9.98. The second-order valence-electron chi connectivity index (χ2n) is 3.27. The minimum atomic E-state index is -1.27. The van der Waals surface area contributed by atoms with Crippen molar-refractivity contribution in [1.29, 1.82) is 5.26 Å². The third kappa shape index (κ3) is 2.80. The molecule has 1 aromatic carbocycles. The maximum absolute atomic E-state index is 10.7. The summed E-state index contributed by atoms with van der Waals surface area (Å²) in [6.07, 6.45) is -2.15. The fraction of sp³-hybridized carbons (Fsp3) is 0.273. The molecule has 1 aromatic rings. The quantitative estimate of drug-likeness (QED) is 0.780. The van der Waals surface area contributed by atoms with Crippen LogP contribution in [0, 0.1) is 11.3 Å². The van der Waals surface area contributed by atoms with Crippen LogP contribution in [0.3, 0.4) is 0 Å². The molecule has 0 fully saturated rings. The van der Waals surface area contributed by atoms with Gasteiger partial charge in [-0.2, -0.15) is 5.26 Å². The summed E-state index contributed by atoms with van der Waals surface area (Å²) in [6.45, 7) is 0. The van der Waals surface area contributed by atoms with E-state index < -0.39 is 12.2 Å². The van der Waals surface area contributed by atoms with Gasteiger partial charge in [-0.25, -0.2) is 0 Å². The highest BCUT2D eigenvalue weighted by Gasteiger charge is 2.20. The number of nitriles is 1. The molecule has 2 unspecified atom stereocenters. The molecule has 5 heteroatoms. The molecular formula is C11H10ClNO3. The number of hydrogen-bond acceptors (Lipinski definition) is 4. The summed E-state index contributed by atoms with van der Waals surface area (Å²) in [5.41, 5.74) is 0.471. The normalized spacial score (nSPS) is 13.9. The number of rotatable bonds is 4. The van der Waals surface area contributed by atoms with Crippen LogP contribution in [-0.4, -0.2) is 22.6 Å². The lowest BCUT2D eigenvalue weighted by Crippen LogP contribution is -2.18. The van der Waals surface area contributed by atoms with Crippen LogP contribution >= 0.6 is 11.6 Å². The van der Waals surface area contributed by atoms with Gasteiger partial charge in [0.15, 0.2) is 0 Å². The minimum Gasteiger partial charge on any atom is -0.389 e. The van der Waals surface area contributed by atoms with E-state index in [2.05, 4.69) is 0 Å². The third-order valence-electron chi connectivity index (χ3n) is 2.16. The molecule has 1 rings (SSSR count). The van der Waals surface area contributed by atoms with Crippen molar-refractivity contribution in [2.75, 3.05) is 0 Å². The first kappa shape index (κ1) is 12.7. The average Bonchev–Trinajstić information content (AvgIpc) is 2.28. The lowest BCUT2D eigenvalue weighted by molar-refractivity contribution is 0.0213. The molecule has 0 bridgehead atoms. The monoisotopic (exact) mass is 239 g/mol. The lowest BCUT2D eigenvalue weighted by Gasteiger charge is -2.17. The molecule has 4 nitrogen and oxygen atoms in total. The van der Waals surface area contributed by atoms with Crippen molar-refractivity contribution in [2.24, 2.45) is 0 Å². The molecule has 0 saturated carbocycles. The van der Waals surface area contributed by atoms with Crippen molar-refractivity contribution < 1.29 is 15.0 Å². The van der Waals surface area contributed by atoms with Crippen LogP contribution in [-0.2, 0) is 0 Å². The van der Waals surface area contributed by atoms with Crippen LogP contribution in [0.15, 0.2) is 18.2 Å². The van der Waals surface area contributed by atoms with Gasteiger partial charge in [-0.15, -0.1) is 0 Å². The molecule has 2 N–H and O–H groups in total. The average molecular weight is 240 g/mol. The van der Waals surface area contributed by atoms with Crippen LogP contribution in [0.4, 0.5) is 0 Å². The maximum Gasteiger partial charge on any atom is 0.150 e. The number of carbonyl (C=O) groups is 1. The second kappa shape index (κ2) is 5.61. The molecule has 0 radical (unpaired) electrons. The molecule has 0 aliphatic carbocycles. The Morgan fingerprint density at radius 1 is 1.50 bits per heavy atom. The van der Waals surface area contributed by atoms with E-state index in [1.807, 2.05) is 0 Å². The Bertz CT molecular complexity index is 428. The van der Waals surface area contributed by atoms with E-state index in [0.29, 0.717) is 11.3 Å². The highest BCUT2D eigenvalue weighted by atomic mass is 35.5. The second-order valence-corrected chi connectivity index (χ2v) is 3.70. The van der Waals surface area contributed by atoms with Gasteiger partial charge in [0, 0.05) is 10.6 Å². The number of aliphatic hydroxyl groups is 2. The molecule has 2 atom stereocenters. The molecular weight excluding hydrogens is 230 g/mol. The first-order valence-electron chi connectivity index (χ1n) is 4.58. The van der Waals surface area contributed by atoms with Crippen molar-refractivity contribution in [2.45, 2.75) is 18.6 Å². The number of hydrogen-bond donors (Lipinski definition) is 2. The first-order chi connectivity index (χ1) is 7.60. The summed E-state index contributed by atoms with van der Waals surface area (Å²) in [5.74, 6) is 0. The van der Waals surface area contributed by atoms with Gasteiger partial charge in [0.25, 0.3) is 0 Å². The molecule has 0 aliphatic rings. The van der Waals surface area contributed by atoms with Gasteiger partial charge < -0.3 is 10.2 Å². The van der Waals surface area contributed by atoms with Gasteiger partial charge in [0.05, 0.1) is 18.6 Å². The SMILES string of the molecule is N#CCC(O)C(O)c1ccc(Cl)cc1C=O. The number of aldehydes is 1. The van der Waals surface area contributed by atoms with E-state index in [1.165, 1.54) is 18.2 Å². The summed E-state index contributed by atoms with van der Waals surface area (Å²) < 4.78 is 0. The summed E-state index contributed by atoms with van der Waals surface area (Å²) >= 11 is 5.69. The van der Waals surface area contributed by atoms with Crippen molar-refractivity contribution >= 4 is 17.9 Å². The van der Waals surface area contributed by atoms with Gasteiger partial charge >= 0.3 is 0 Å². The summed E-state index contributed by atoms with van der Waals surface area (Å²) in [4.78, 5) is 10.7. The maximum atomic E-state index is 10.7. The summed E-state index contributed by atoms with van der Waals surface area (Å²) in [6, 6.07) is 6.10. The Kier molecular flexibility index (Phi) is 4.44. The first-order valence-corrected chi connectivity index (χ1v) is 4.95. The molecule has 0 amide bonds. The Labute approximate surface area is 97.7 Å². The van der Waals surface area contributed by atoms with Gasteiger partial charge in [0.2, 0.25) is 0 Å². The van der Waals surface area contributed by atoms with E-state index in [1.54, 1.807) is 6.07 Å². The zero-order valence-corrected chi connectivity index (χ0v) is 9.05. The number of nitrogens with zero attached hydrogens (tertiary/aromatic N) is 1. The Hall–Kier alpha value is -1.41. The van der Waals surface area contributed by atoms with E-state index in [9.17, 15) is 15.0 Å². The number of benzene rings is 1. The highest BCUT2D eigenvalue weighted by Crippen LogP contribution is 2.24. The van der Waals surface area contributed by atoms with E-state index in [-0.39, 0.29) is 17.5 Å². The van der Waals surface area contributed by atoms with Gasteiger partial charge in [0.1, 0.15) is 12.4 Å². The zero-order valence-electron chi connectivity index (χ0n) is 8.30. The highest BCUT2D eigenvalue weighted by molar-refractivity contribution is 6.30. The van der Waals surface area contributed by atoms with Crippen molar-refractivity contribution in [1.82, 2.24) is 0 Å². The van der Waals surface area contributed by atoms with Crippen LogP contribution < -0.4 is 0 Å². The van der Waals surface area contributed by atoms with Gasteiger partial charge in [-0.1, -0.05) is 17.7 Å². The Morgan fingerprint density at radius 2 is 2.19 bits per heavy atom. The molecule has 16 heavy (non-hydrogen) atoms. The van der Waals surface area contributed by atoms with Crippen LogP contribution in [0.2, 0.25) is 5.02 Å². The standard InChI is InChI=1S/C11H10ClNO3/c12-8-1-2-9(7(5-8)6-14)11(16)10(15)3-4-13/h1-2,5-6,10-11,15-16H,3H2. The van der Waals surface area contributed by atoms with Crippen molar-refractivity contribution in [3.8, 4) is 6.07 Å². The Morgan fingerprint density at radius 3 is 2.75 bits per heavy atom. The number of carbonyl (C=O) groups excluding carboxylic acids is 1. The van der Waals surface area contributed by atoms with Gasteiger partial charge in [-0.3, -0.25) is 4.79 Å². The molecule has 84 valence electrons. The fourth-order valence-corrected chi connectivity index (χ4v) is 1.51. The predicted molar refractivity (Wildman–Crippen MR) is 58.0 cm³/mol.